The summed E-state index contributed by atoms with van der Waals surface area (Å²) in [4.78, 5) is 3.22. The zero-order valence-electron chi connectivity index (χ0n) is 8.07. The molecule has 2 nitrogen and oxygen atoms in total. The number of thiol groups is 1. The minimum Gasteiger partial charge on any atom is -0.361 e. The predicted molar refractivity (Wildman–Crippen MR) is 63.7 cm³/mol. The van der Waals surface area contributed by atoms with E-state index in [4.69, 9.17) is 5.73 Å². The molecule has 0 saturated heterocycles. The van der Waals surface area contributed by atoms with Crippen LogP contribution in [0.5, 0.6) is 0 Å². The van der Waals surface area contributed by atoms with E-state index in [2.05, 4.69) is 29.7 Å². The summed E-state index contributed by atoms with van der Waals surface area (Å²) in [5, 5.41) is 1.30. The van der Waals surface area contributed by atoms with Gasteiger partial charge >= 0.3 is 0 Å². The van der Waals surface area contributed by atoms with Crippen molar-refractivity contribution in [2.75, 3.05) is 0 Å². The molecule has 2 unspecified atom stereocenters. The summed E-state index contributed by atoms with van der Waals surface area (Å²) in [5.41, 5.74) is 8.15. The van der Waals surface area contributed by atoms with Gasteiger partial charge in [0.1, 0.15) is 0 Å². The topological polar surface area (TPSA) is 41.8 Å². The zero-order chi connectivity index (χ0) is 10.1. The Hall–Kier alpha value is -0.930. The number of para-hydroxylation sites is 1. The van der Waals surface area contributed by atoms with Crippen LogP contribution in [0.4, 0.5) is 0 Å². The number of rotatable bonds is 2. The molecular formula is C11H14N2S. The fraction of sp³-hybridized carbons (Fsp3) is 0.273. The largest absolute Gasteiger partial charge is 0.361 e. The second-order valence-electron chi connectivity index (χ2n) is 3.59. The molecule has 1 aromatic heterocycles. The Bertz CT molecular complexity index is 434. The van der Waals surface area contributed by atoms with Crippen molar-refractivity contribution in [3.63, 3.8) is 0 Å². The number of H-pyrrole nitrogens is 1. The van der Waals surface area contributed by atoms with E-state index >= 15 is 0 Å². The summed E-state index contributed by atoms with van der Waals surface area (Å²) < 4.78 is 0. The van der Waals surface area contributed by atoms with E-state index in [0.717, 1.165) is 5.52 Å². The van der Waals surface area contributed by atoms with Crippen LogP contribution in [0.25, 0.3) is 10.9 Å². The molecule has 1 aromatic carbocycles. The Morgan fingerprint density at radius 2 is 2.07 bits per heavy atom. The van der Waals surface area contributed by atoms with Crippen molar-refractivity contribution in [3.8, 4) is 0 Å². The number of hydrogen-bond donors (Lipinski definition) is 3. The van der Waals surface area contributed by atoms with Crippen molar-refractivity contribution in [1.82, 2.24) is 4.98 Å². The van der Waals surface area contributed by atoms with Gasteiger partial charge in [-0.3, -0.25) is 0 Å². The first-order valence-electron chi connectivity index (χ1n) is 4.70. The van der Waals surface area contributed by atoms with E-state index in [1.165, 1.54) is 10.9 Å². The van der Waals surface area contributed by atoms with Gasteiger partial charge in [0.05, 0.1) is 0 Å². The van der Waals surface area contributed by atoms with E-state index in [1.807, 2.05) is 25.3 Å². The van der Waals surface area contributed by atoms with E-state index in [9.17, 15) is 0 Å². The number of aromatic nitrogens is 1. The molecule has 0 saturated carbocycles. The molecule has 0 fully saturated rings. The third kappa shape index (κ3) is 1.53. The molecule has 2 aromatic rings. The SMILES string of the molecule is CC(N)C(S)c1c[nH]c2ccccc12. The second kappa shape index (κ2) is 3.67. The average Bonchev–Trinajstić information content (AvgIpc) is 2.60. The summed E-state index contributed by atoms with van der Waals surface area (Å²) in [5.74, 6) is 0. The lowest BCUT2D eigenvalue weighted by atomic mass is 10.1. The standard InChI is InChI=1S/C11H14N2S/c1-7(12)11(14)9-6-13-10-5-3-2-4-8(9)10/h2-7,11,13-14H,12H2,1H3. The Morgan fingerprint density at radius 1 is 1.36 bits per heavy atom. The summed E-state index contributed by atoms with van der Waals surface area (Å²) in [7, 11) is 0. The fourth-order valence-electron chi connectivity index (χ4n) is 1.62. The monoisotopic (exact) mass is 206 g/mol. The van der Waals surface area contributed by atoms with Crippen molar-refractivity contribution in [1.29, 1.82) is 0 Å². The normalized spacial score (nSPS) is 15.6. The van der Waals surface area contributed by atoms with Crippen molar-refractivity contribution in [2.24, 2.45) is 5.73 Å². The van der Waals surface area contributed by atoms with Crippen LogP contribution in [0.3, 0.4) is 0 Å². The summed E-state index contributed by atoms with van der Waals surface area (Å²) in [6, 6.07) is 8.24. The molecule has 3 N–H and O–H groups in total. The lowest BCUT2D eigenvalue weighted by Gasteiger charge is -2.13. The zero-order valence-corrected chi connectivity index (χ0v) is 8.96. The van der Waals surface area contributed by atoms with Crippen LogP contribution < -0.4 is 5.73 Å². The van der Waals surface area contributed by atoms with Crippen molar-refractivity contribution >= 4 is 23.5 Å². The van der Waals surface area contributed by atoms with Gasteiger partial charge < -0.3 is 10.7 Å². The van der Waals surface area contributed by atoms with Gasteiger partial charge in [0, 0.05) is 28.4 Å². The Morgan fingerprint density at radius 3 is 2.79 bits per heavy atom. The Labute approximate surface area is 88.9 Å². The molecule has 0 amide bonds. The third-order valence-electron chi connectivity index (χ3n) is 2.44. The second-order valence-corrected chi connectivity index (χ2v) is 4.15. The highest BCUT2D eigenvalue weighted by Gasteiger charge is 2.14. The number of benzene rings is 1. The molecule has 14 heavy (non-hydrogen) atoms. The lowest BCUT2D eigenvalue weighted by molar-refractivity contribution is 0.729. The summed E-state index contributed by atoms with van der Waals surface area (Å²) in [6.07, 6.45) is 1.99. The van der Waals surface area contributed by atoms with Crippen LogP contribution in [-0.2, 0) is 0 Å². The van der Waals surface area contributed by atoms with E-state index in [0.29, 0.717) is 0 Å². The molecule has 74 valence electrons. The average molecular weight is 206 g/mol. The molecule has 0 aliphatic carbocycles. The first-order chi connectivity index (χ1) is 6.70. The Balaban J connectivity index is 2.53. The highest BCUT2D eigenvalue weighted by atomic mass is 32.1. The third-order valence-corrected chi connectivity index (χ3v) is 3.19. The first-order valence-corrected chi connectivity index (χ1v) is 5.21. The minimum absolute atomic E-state index is 0.0533. The number of fused-ring (bicyclic) bond motifs is 1. The maximum absolute atomic E-state index is 5.83. The van der Waals surface area contributed by atoms with Gasteiger partial charge in [0.2, 0.25) is 0 Å². The summed E-state index contributed by atoms with van der Waals surface area (Å²) >= 11 is 4.51. The van der Waals surface area contributed by atoms with Gasteiger partial charge in [-0.25, -0.2) is 0 Å². The van der Waals surface area contributed by atoms with Gasteiger partial charge in [0.15, 0.2) is 0 Å². The predicted octanol–water partition coefficient (Wildman–Crippen LogP) is 2.49. The van der Waals surface area contributed by atoms with Crippen LogP contribution in [-0.4, -0.2) is 11.0 Å². The number of nitrogens with two attached hydrogens (primary N) is 1. The molecule has 0 bridgehead atoms. The molecule has 0 radical (unpaired) electrons. The van der Waals surface area contributed by atoms with E-state index in [-0.39, 0.29) is 11.3 Å². The van der Waals surface area contributed by atoms with Gasteiger partial charge in [-0.05, 0) is 18.6 Å². The molecule has 3 heteroatoms. The number of hydrogen-bond acceptors (Lipinski definition) is 2. The maximum Gasteiger partial charge on any atom is 0.0457 e. The lowest BCUT2D eigenvalue weighted by Crippen LogP contribution is -2.20. The number of aromatic amines is 1. The van der Waals surface area contributed by atoms with Crippen LogP contribution in [0.2, 0.25) is 0 Å². The van der Waals surface area contributed by atoms with Crippen LogP contribution in [0.15, 0.2) is 30.5 Å². The molecule has 2 atom stereocenters. The van der Waals surface area contributed by atoms with E-state index in [1.54, 1.807) is 0 Å². The quantitative estimate of drug-likeness (QED) is 0.649. The van der Waals surface area contributed by atoms with Crippen LogP contribution in [0, 0.1) is 0 Å². The van der Waals surface area contributed by atoms with Crippen molar-refractivity contribution in [2.45, 2.75) is 18.2 Å². The maximum atomic E-state index is 5.83. The highest BCUT2D eigenvalue weighted by molar-refractivity contribution is 7.80. The fourth-order valence-corrected chi connectivity index (χ4v) is 1.84. The number of nitrogens with one attached hydrogen (secondary N) is 1. The Kier molecular flexibility index (Phi) is 2.52. The van der Waals surface area contributed by atoms with Crippen LogP contribution in [0.1, 0.15) is 17.7 Å². The molecule has 0 aliphatic heterocycles. The summed E-state index contributed by atoms with van der Waals surface area (Å²) in [6.45, 7) is 1.97. The van der Waals surface area contributed by atoms with Crippen LogP contribution >= 0.6 is 12.6 Å². The molecular weight excluding hydrogens is 192 g/mol. The minimum atomic E-state index is 0.0533. The van der Waals surface area contributed by atoms with Gasteiger partial charge in [0.25, 0.3) is 0 Å². The van der Waals surface area contributed by atoms with Gasteiger partial charge in [-0.15, -0.1) is 0 Å². The smallest absolute Gasteiger partial charge is 0.0457 e. The molecule has 2 rings (SSSR count). The van der Waals surface area contributed by atoms with Crippen molar-refractivity contribution < 1.29 is 0 Å². The molecule has 1 heterocycles. The van der Waals surface area contributed by atoms with E-state index < -0.39 is 0 Å². The van der Waals surface area contributed by atoms with Gasteiger partial charge in [-0.1, -0.05) is 18.2 Å². The molecule has 0 spiro atoms. The van der Waals surface area contributed by atoms with Gasteiger partial charge in [-0.2, -0.15) is 12.6 Å². The molecule has 0 aliphatic rings. The van der Waals surface area contributed by atoms with Crippen molar-refractivity contribution in [3.05, 3.63) is 36.0 Å². The first kappa shape index (κ1) is 9.62. The highest BCUT2D eigenvalue weighted by Crippen LogP contribution is 2.29.